The molecule has 0 saturated heterocycles. The van der Waals surface area contributed by atoms with Gasteiger partial charge in [-0.2, -0.15) is 0 Å². The number of aromatic nitrogens is 2. The number of carbonyl (C=O) groups is 1. The van der Waals surface area contributed by atoms with E-state index in [1.165, 1.54) is 23.7 Å². The normalized spacial score (nSPS) is 10.4. The molecule has 1 N–H and O–H groups in total. The molecule has 110 valence electrons. The van der Waals surface area contributed by atoms with Gasteiger partial charge in [0.05, 0.1) is 17.1 Å². The molecule has 0 atom stereocenters. The van der Waals surface area contributed by atoms with E-state index < -0.39 is 0 Å². The molecule has 0 fully saturated rings. The minimum atomic E-state index is -0.370. The molecule has 0 aliphatic rings. The van der Waals surface area contributed by atoms with Crippen LogP contribution in [0.3, 0.4) is 0 Å². The minimum Gasteiger partial charge on any atom is -0.317 e. The summed E-state index contributed by atoms with van der Waals surface area (Å²) in [7, 11) is 0. The van der Waals surface area contributed by atoms with Crippen LogP contribution in [0, 0.1) is 5.82 Å². The molecule has 2 aromatic heterocycles. The highest BCUT2D eigenvalue weighted by molar-refractivity contribution is 7.14. The first-order chi connectivity index (χ1) is 10.7. The third kappa shape index (κ3) is 3.35. The van der Waals surface area contributed by atoms with Crippen molar-refractivity contribution in [2.45, 2.75) is 6.42 Å². The molecule has 0 unspecified atom stereocenters. The first kappa shape index (κ1) is 14.3. The molecular weight excluding hydrogens is 301 g/mol. The lowest BCUT2D eigenvalue weighted by atomic mass is 10.1. The molecule has 2 heterocycles. The molecule has 4 nitrogen and oxygen atoms in total. The summed E-state index contributed by atoms with van der Waals surface area (Å²) in [6.45, 7) is 0. The number of halogens is 1. The second kappa shape index (κ2) is 6.44. The van der Waals surface area contributed by atoms with Gasteiger partial charge in [-0.3, -0.25) is 4.79 Å². The van der Waals surface area contributed by atoms with Crippen LogP contribution in [0.1, 0.15) is 5.56 Å². The number of anilines is 1. The zero-order chi connectivity index (χ0) is 15.4. The summed E-state index contributed by atoms with van der Waals surface area (Å²) in [5.74, 6) is -0.619. The van der Waals surface area contributed by atoms with Crippen LogP contribution in [0.5, 0.6) is 0 Å². The Balaban J connectivity index is 1.68. The first-order valence-corrected chi connectivity index (χ1v) is 7.48. The highest BCUT2D eigenvalue weighted by Crippen LogP contribution is 2.27. The summed E-state index contributed by atoms with van der Waals surface area (Å²) in [4.78, 5) is 20.0. The van der Waals surface area contributed by atoms with Crippen LogP contribution in [-0.4, -0.2) is 15.9 Å². The number of carbonyl (C=O) groups excluding carboxylic acids is 1. The molecule has 22 heavy (non-hydrogen) atoms. The number of thiophene rings is 1. The zero-order valence-corrected chi connectivity index (χ0v) is 12.3. The topological polar surface area (TPSA) is 54.9 Å². The highest BCUT2D eigenvalue weighted by atomic mass is 32.1. The molecule has 0 spiro atoms. The predicted molar refractivity (Wildman–Crippen MR) is 84.1 cm³/mol. The van der Waals surface area contributed by atoms with Crippen molar-refractivity contribution in [2.24, 2.45) is 0 Å². The lowest BCUT2D eigenvalue weighted by Gasteiger charge is -2.03. The van der Waals surface area contributed by atoms with Gasteiger partial charge in [-0.1, -0.05) is 18.2 Å². The molecular formula is C16H12FN3OS. The van der Waals surface area contributed by atoms with E-state index in [2.05, 4.69) is 15.3 Å². The number of hydrogen-bond acceptors (Lipinski definition) is 4. The first-order valence-electron chi connectivity index (χ1n) is 6.60. The fourth-order valence-corrected chi connectivity index (χ4v) is 2.80. The zero-order valence-electron chi connectivity index (χ0n) is 11.5. The summed E-state index contributed by atoms with van der Waals surface area (Å²) >= 11 is 1.40. The minimum absolute atomic E-state index is 0.00735. The van der Waals surface area contributed by atoms with Crippen molar-refractivity contribution in [3.8, 4) is 11.3 Å². The van der Waals surface area contributed by atoms with Crippen molar-refractivity contribution in [1.82, 2.24) is 9.97 Å². The molecule has 1 aromatic carbocycles. The second-order valence-corrected chi connectivity index (χ2v) is 5.52. The van der Waals surface area contributed by atoms with Crippen LogP contribution in [0.25, 0.3) is 11.3 Å². The van der Waals surface area contributed by atoms with Crippen LogP contribution in [0.2, 0.25) is 0 Å². The lowest BCUT2D eigenvalue weighted by Crippen LogP contribution is -2.14. The van der Waals surface area contributed by atoms with Crippen LogP contribution >= 0.6 is 11.3 Å². The average Bonchev–Trinajstić information content (AvgIpc) is 2.99. The Hall–Kier alpha value is -2.60. The Morgan fingerprint density at radius 2 is 2.14 bits per heavy atom. The quantitative estimate of drug-likeness (QED) is 0.801. The van der Waals surface area contributed by atoms with E-state index in [0.717, 1.165) is 11.3 Å². The fraction of sp³-hybridized carbons (Fsp3) is 0.0625. The van der Waals surface area contributed by atoms with Gasteiger partial charge in [0.25, 0.3) is 0 Å². The van der Waals surface area contributed by atoms with Gasteiger partial charge in [0.15, 0.2) is 0 Å². The second-order valence-electron chi connectivity index (χ2n) is 4.61. The van der Waals surface area contributed by atoms with E-state index in [4.69, 9.17) is 0 Å². The number of hydrogen-bond donors (Lipinski definition) is 1. The summed E-state index contributed by atoms with van der Waals surface area (Å²) in [6, 6.07) is 9.91. The Morgan fingerprint density at radius 3 is 2.91 bits per heavy atom. The van der Waals surface area contributed by atoms with Crippen LogP contribution in [0.4, 0.5) is 9.39 Å². The fourth-order valence-electron chi connectivity index (χ4n) is 1.99. The molecule has 1 amide bonds. The maximum atomic E-state index is 13.5. The van der Waals surface area contributed by atoms with Crippen molar-refractivity contribution >= 4 is 22.2 Å². The number of rotatable bonds is 4. The van der Waals surface area contributed by atoms with E-state index >= 15 is 0 Å². The van der Waals surface area contributed by atoms with E-state index in [0.29, 0.717) is 10.6 Å². The molecule has 0 aliphatic carbocycles. The largest absolute Gasteiger partial charge is 0.317 e. The van der Waals surface area contributed by atoms with Gasteiger partial charge in [0.1, 0.15) is 12.1 Å². The summed E-state index contributed by atoms with van der Waals surface area (Å²) in [5, 5.41) is 5.38. The van der Waals surface area contributed by atoms with Gasteiger partial charge >= 0.3 is 0 Å². The number of benzene rings is 1. The SMILES string of the molecule is O=C(Cc1ccccc1F)Nc1cc(-c2ccncn2)cs1. The monoisotopic (exact) mass is 313 g/mol. The Labute approximate surface area is 130 Å². The number of nitrogens with one attached hydrogen (secondary N) is 1. The molecule has 6 heteroatoms. The van der Waals surface area contributed by atoms with Crippen LogP contribution in [-0.2, 0) is 11.2 Å². The summed E-state index contributed by atoms with van der Waals surface area (Å²) < 4.78 is 13.5. The van der Waals surface area contributed by atoms with Gasteiger partial charge < -0.3 is 5.32 Å². The maximum absolute atomic E-state index is 13.5. The Kier molecular flexibility index (Phi) is 4.20. The number of amides is 1. The van der Waals surface area contributed by atoms with Gasteiger partial charge in [-0.15, -0.1) is 11.3 Å². The van der Waals surface area contributed by atoms with Crippen molar-refractivity contribution in [3.05, 3.63) is 65.7 Å². The standard InChI is InChI=1S/C16H12FN3OS/c17-13-4-2-1-3-11(13)7-15(21)20-16-8-12(9-22-16)14-5-6-18-10-19-14/h1-6,8-10H,7H2,(H,20,21). The van der Waals surface area contributed by atoms with Gasteiger partial charge in [0.2, 0.25) is 5.91 Å². The van der Waals surface area contributed by atoms with E-state index in [-0.39, 0.29) is 18.1 Å². The van der Waals surface area contributed by atoms with Crippen molar-refractivity contribution in [1.29, 1.82) is 0 Å². The lowest BCUT2D eigenvalue weighted by molar-refractivity contribution is -0.115. The van der Waals surface area contributed by atoms with Crippen LogP contribution < -0.4 is 5.32 Å². The van der Waals surface area contributed by atoms with Crippen LogP contribution in [0.15, 0.2) is 54.3 Å². The molecule has 0 aliphatic heterocycles. The smallest absolute Gasteiger partial charge is 0.229 e. The average molecular weight is 313 g/mol. The van der Waals surface area contributed by atoms with E-state index in [9.17, 15) is 9.18 Å². The van der Waals surface area contributed by atoms with E-state index in [1.54, 1.807) is 30.5 Å². The molecule has 0 radical (unpaired) electrons. The molecule has 3 aromatic rings. The van der Waals surface area contributed by atoms with Crippen molar-refractivity contribution in [2.75, 3.05) is 5.32 Å². The summed E-state index contributed by atoms with van der Waals surface area (Å²) in [5.41, 5.74) is 2.09. The van der Waals surface area contributed by atoms with Crippen molar-refractivity contribution < 1.29 is 9.18 Å². The third-order valence-corrected chi connectivity index (χ3v) is 3.89. The molecule has 3 rings (SSSR count). The van der Waals surface area contributed by atoms with Gasteiger partial charge in [0, 0.05) is 17.1 Å². The van der Waals surface area contributed by atoms with Crippen molar-refractivity contribution in [3.63, 3.8) is 0 Å². The highest BCUT2D eigenvalue weighted by Gasteiger charge is 2.10. The predicted octanol–water partition coefficient (Wildman–Crippen LogP) is 3.53. The summed E-state index contributed by atoms with van der Waals surface area (Å²) in [6.07, 6.45) is 3.15. The Bertz CT molecular complexity index is 789. The van der Waals surface area contributed by atoms with Gasteiger partial charge in [-0.05, 0) is 23.8 Å². The molecule has 0 saturated carbocycles. The number of nitrogens with zero attached hydrogens (tertiary/aromatic N) is 2. The molecule has 0 bridgehead atoms. The maximum Gasteiger partial charge on any atom is 0.229 e. The van der Waals surface area contributed by atoms with E-state index in [1.807, 2.05) is 11.4 Å². The van der Waals surface area contributed by atoms with Gasteiger partial charge in [-0.25, -0.2) is 14.4 Å². The Morgan fingerprint density at radius 1 is 1.27 bits per heavy atom. The third-order valence-electron chi connectivity index (χ3n) is 3.05.